The summed E-state index contributed by atoms with van der Waals surface area (Å²) in [6.07, 6.45) is 0.679. The van der Waals surface area contributed by atoms with E-state index in [0.29, 0.717) is 0 Å². The van der Waals surface area contributed by atoms with Crippen molar-refractivity contribution < 1.29 is 19.1 Å². The first-order valence-corrected chi connectivity index (χ1v) is 10.1. The fourth-order valence-electron chi connectivity index (χ4n) is 2.89. The Labute approximate surface area is 173 Å². The highest BCUT2D eigenvalue weighted by Gasteiger charge is 2.32. The minimum Gasteiger partial charge on any atom is -0.443 e. The van der Waals surface area contributed by atoms with Crippen LogP contribution in [0.3, 0.4) is 0 Å². The molecule has 0 saturated carbocycles. The molecule has 2 rings (SSSR count). The molecule has 0 atom stereocenters. The van der Waals surface area contributed by atoms with Crippen LogP contribution in [0.4, 0.5) is 9.59 Å². The second-order valence-electron chi connectivity index (χ2n) is 9.14. The lowest BCUT2D eigenvalue weighted by Crippen LogP contribution is -2.48. The van der Waals surface area contributed by atoms with Gasteiger partial charge in [0.25, 0.3) is 0 Å². The molecule has 1 fully saturated rings. The quantitative estimate of drug-likeness (QED) is 0.523. The number of hydrogen-bond acceptors (Lipinski definition) is 4. The van der Waals surface area contributed by atoms with Crippen molar-refractivity contribution in [3.63, 3.8) is 0 Å². The molecule has 0 aromatic heterocycles. The minimum atomic E-state index is -0.721. The molecule has 29 heavy (non-hydrogen) atoms. The van der Waals surface area contributed by atoms with E-state index in [0.717, 1.165) is 31.5 Å². The Morgan fingerprint density at radius 2 is 1.52 bits per heavy atom. The number of guanidine groups is 1. The van der Waals surface area contributed by atoms with Crippen molar-refractivity contribution in [1.82, 2.24) is 9.80 Å². The van der Waals surface area contributed by atoms with Gasteiger partial charge in [0.05, 0.1) is 6.54 Å². The molecular formula is C22H33N3O4. The third-order valence-electron chi connectivity index (χ3n) is 4.01. The number of carbonyl (C=O) groups is 2. The Bertz CT molecular complexity index is 727. The molecule has 7 nitrogen and oxygen atoms in total. The van der Waals surface area contributed by atoms with Crippen molar-refractivity contribution in [2.75, 3.05) is 13.1 Å². The highest BCUT2D eigenvalue weighted by molar-refractivity contribution is 5.99. The first-order valence-electron chi connectivity index (χ1n) is 10.1. The maximum atomic E-state index is 13.1. The Hall–Kier alpha value is -2.57. The molecule has 0 bridgehead atoms. The number of ether oxygens (including phenoxy) is 2. The normalized spacial score (nSPS) is 15.2. The molecule has 1 aromatic rings. The maximum Gasteiger partial charge on any atom is 0.437 e. The zero-order chi connectivity index (χ0) is 21.7. The number of hydrogen-bond donors (Lipinski definition) is 0. The fraction of sp³-hybridized carbons (Fsp3) is 0.591. The summed E-state index contributed by atoms with van der Waals surface area (Å²) in [4.78, 5) is 33.1. The summed E-state index contributed by atoms with van der Waals surface area (Å²) in [7, 11) is 0. The minimum absolute atomic E-state index is 0.244. The number of benzene rings is 1. The third kappa shape index (κ3) is 7.75. The summed E-state index contributed by atoms with van der Waals surface area (Å²) in [5.74, 6) is 0.273. The maximum absolute atomic E-state index is 13.1. The Morgan fingerprint density at radius 3 is 2.03 bits per heavy atom. The monoisotopic (exact) mass is 403 g/mol. The van der Waals surface area contributed by atoms with E-state index in [1.165, 1.54) is 4.90 Å². The molecule has 1 aliphatic rings. The smallest absolute Gasteiger partial charge is 0.437 e. The van der Waals surface area contributed by atoms with Gasteiger partial charge in [-0.3, -0.25) is 0 Å². The summed E-state index contributed by atoms with van der Waals surface area (Å²) < 4.78 is 11.0. The van der Waals surface area contributed by atoms with Crippen LogP contribution in [-0.4, -0.2) is 52.2 Å². The van der Waals surface area contributed by atoms with Gasteiger partial charge in [-0.15, -0.1) is 4.99 Å². The molecule has 1 heterocycles. The Balaban J connectivity index is 2.41. The molecule has 1 aliphatic heterocycles. The summed E-state index contributed by atoms with van der Waals surface area (Å²) in [6.45, 7) is 12.5. The third-order valence-corrected chi connectivity index (χ3v) is 4.01. The molecule has 0 N–H and O–H groups in total. The summed E-state index contributed by atoms with van der Waals surface area (Å²) in [5.41, 5.74) is -0.435. The molecule has 1 saturated heterocycles. The highest BCUT2D eigenvalue weighted by atomic mass is 16.6. The topological polar surface area (TPSA) is 71.4 Å². The summed E-state index contributed by atoms with van der Waals surface area (Å²) in [6, 6.07) is 9.57. The van der Waals surface area contributed by atoms with Crippen molar-refractivity contribution >= 4 is 18.1 Å². The number of nitrogens with zero attached hydrogens (tertiary/aromatic N) is 3. The molecule has 1 aromatic carbocycles. The van der Waals surface area contributed by atoms with Gasteiger partial charge in [-0.05, 0) is 59.9 Å². The van der Waals surface area contributed by atoms with E-state index >= 15 is 0 Å². The predicted molar refractivity (Wildman–Crippen MR) is 113 cm³/mol. The van der Waals surface area contributed by atoms with E-state index in [1.807, 2.05) is 56.0 Å². The van der Waals surface area contributed by atoms with Crippen LogP contribution in [0.5, 0.6) is 0 Å². The molecule has 0 radical (unpaired) electrons. The largest absolute Gasteiger partial charge is 0.443 e. The van der Waals surface area contributed by atoms with Crippen molar-refractivity contribution in [2.45, 2.75) is 72.1 Å². The van der Waals surface area contributed by atoms with E-state index < -0.39 is 23.4 Å². The Morgan fingerprint density at radius 1 is 0.966 bits per heavy atom. The zero-order valence-corrected chi connectivity index (χ0v) is 18.4. The second kappa shape index (κ2) is 9.29. The van der Waals surface area contributed by atoms with Crippen LogP contribution < -0.4 is 0 Å². The van der Waals surface area contributed by atoms with E-state index in [2.05, 4.69) is 4.99 Å². The molecule has 160 valence electrons. The standard InChI is InChI=1S/C22H33N3O4/c1-21(2,3)28-19(26)23-18(24-14-10-11-15-24)25(20(27)29-22(4,5)6)16-17-12-8-7-9-13-17/h7-9,12-13H,10-11,14-16H2,1-6H3/b23-18+. The van der Waals surface area contributed by atoms with Gasteiger partial charge < -0.3 is 14.4 Å². The van der Waals surface area contributed by atoms with Gasteiger partial charge in [-0.25, -0.2) is 14.5 Å². The first-order chi connectivity index (χ1) is 13.4. The molecule has 0 spiro atoms. The summed E-state index contributed by atoms with van der Waals surface area (Å²) in [5, 5.41) is 0. The summed E-state index contributed by atoms with van der Waals surface area (Å²) >= 11 is 0. The molecule has 0 unspecified atom stereocenters. The fourth-order valence-corrected chi connectivity index (χ4v) is 2.89. The van der Waals surface area contributed by atoms with Crippen LogP contribution in [0.15, 0.2) is 35.3 Å². The Kier molecular flexibility index (Phi) is 7.27. The van der Waals surface area contributed by atoms with Gasteiger partial charge >= 0.3 is 12.2 Å². The molecule has 7 heteroatoms. The van der Waals surface area contributed by atoms with Crippen molar-refractivity contribution in [2.24, 2.45) is 4.99 Å². The van der Waals surface area contributed by atoms with E-state index in [1.54, 1.807) is 20.8 Å². The average Bonchev–Trinajstić information content (AvgIpc) is 3.10. The average molecular weight is 404 g/mol. The predicted octanol–water partition coefficient (Wildman–Crippen LogP) is 4.81. The van der Waals surface area contributed by atoms with E-state index in [4.69, 9.17) is 9.47 Å². The van der Waals surface area contributed by atoms with Crippen LogP contribution in [-0.2, 0) is 16.0 Å². The van der Waals surface area contributed by atoms with Crippen LogP contribution in [0.25, 0.3) is 0 Å². The lowest BCUT2D eigenvalue weighted by Gasteiger charge is -2.32. The van der Waals surface area contributed by atoms with Crippen LogP contribution in [0.1, 0.15) is 59.9 Å². The van der Waals surface area contributed by atoms with Gasteiger partial charge in [0.1, 0.15) is 11.2 Å². The van der Waals surface area contributed by atoms with Crippen molar-refractivity contribution in [1.29, 1.82) is 0 Å². The van der Waals surface area contributed by atoms with Crippen LogP contribution in [0, 0.1) is 0 Å². The van der Waals surface area contributed by atoms with Gasteiger partial charge in [0, 0.05) is 13.1 Å². The van der Waals surface area contributed by atoms with Crippen molar-refractivity contribution in [3.8, 4) is 0 Å². The number of aliphatic imine (C=N–C) groups is 1. The van der Waals surface area contributed by atoms with Gasteiger partial charge in [-0.1, -0.05) is 30.3 Å². The lowest BCUT2D eigenvalue weighted by molar-refractivity contribution is 0.0338. The second-order valence-corrected chi connectivity index (χ2v) is 9.14. The van der Waals surface area contributed by atoms with Gasteiger partial charge in [-0.2, -0.15) is 0 Å². The van der Waals surface area contributed by atoms with E-state index in [-0.39, 0.29) is 12.5 Å². The zero-order valence-electron chi connectivity index (χ0n) is 18.4. The number of carbonyl (C=O) groups excluding carboxylic acids is 2. The molecule has 0 aliphatic carbocycles. The van der Waals surface area contributed by atoms with Crippen LogP contribution >= 0.6 is 0 Å². The van der Waals surface area contributed by atoms with Gasteiger partial charge in [0.2, 0.25) is 5.96 Å². The SMILES string of the molecule is CC(C)(C)OC(=O)/N=C(\N1CCCC1)N(Cc1ccccc1)C(=O)OC(C)(C)C. The lowest BCUT2D eigenvalue weighted by atomic mass is 10.2. The highest BCUT2D eigenvalue weighted by Crippen LogP contribution is 2.19. The number of rotatable bonds is 2. The number of amides is 2. The van der Waals surface area contributed by atoms with E-state index in [9.17, 15) is 9.59 Å². The first kappa shape index (κ1) is 22.7. The number of likely N-dealkylation sites (tertiary alicyclic amines) is 1. The van der Waals surface area contributed by atoms with Crippen molar-refractivity contribution in [3.05, 3.63) is 35.9 Å². The van der Waals surface area contributed by atoms with Crippen LogP contribution in [0.2, 0.25) is 0 Å². The molecular weight excluding hydrogens is 370 g/mol. The van der Waals surface area contributed by atoms with Gasteiger partial charge in [0.15, 0.2) is 0 Å². The molecule has 2 amide bonds.